The van der Waals surface area contributed by atoms with Gasteiger partial charge in [0.25, 0.3) is 16.6 Å². The summed E-state index contributed by atoms with van der Waals surface area (Å²) in [6.07, 6.45) is 19.7. The van der Waals surface area contributed by atoms with E-state index in [4.69, 9.17) is 8.85 Å². The predicted octanol–water partition coefficient (Wildman–Crippen LogP) is 14.5. The van der Waals surface area contributed by atoms with E-state index >= 15 is 0 Å². The fourth-order valence-corrected chi connectivity index (χ4v) is 24.9. The van der Waals surface area contributed by atoms with E-state index in [0.29, 0.717) is 33.2 Å². The van der Waals surface area contributed by atoms with Crippen LogP contribution in [0.1, 0.15) is 158 Å². The van der Waals surface area contributed by atoms with E-state index in [1.165, 1.54) is 86.8 Å². The van der Waals surface area contributed by atoms with E-state index < -0.39 is 16.6 Å². The zero-order chi connectivity index (χ0) is 35.9. The highest BCUT2D eigenvalue weighted by Crippen LogP contribution is 2.59. The summed E-state index contributed by atoms with van der Waals surface area (Å²) in [5.74, 6) is 9.31. The lowest BCUT2D eigenvalue weighted by Gasteiger charge is -2.51. The van der Waals surface area contributed by atoms with Crippen LogP contribution < -0.4 is 8.85 Å². The van der Waals surface area contributed by atoms with E-state index in [2.05, 4.69) is 107 Å². The second kappa shape index (κ2) is 13.9. The predicted molar refractivity (Wildman–Crippen MR) is 220 cm³/mol. The van der Waals surface area contributed by atoms with Crippen molar-refractivity contribution >= 4 is 28.8 Å². The topological polar surface area (TPSA) is 18.5 Å². The minimum Gasteiger partial charge on any atom is -0.542 e. The van der Waals surface area contributed by atoms with Gasteiger partial charge in [-0.3, -0.25) is 0 Å². The Morgan fingerprint density at radius 3 is 0.880 bits per heavy atom. The zero-order valence-corrected chi connectivity index (χ0v) is 36.3. The lowest BCUT2D eigenvalue weighted by molar-refractivity contribution is 0.0709. The van der Waals surface area contributed by atoms with Crippen molar-refractivity contribution in [3.05, 3.63) is 34.4 Å². The average molecular weight is 715 g/mol. The highest BCUT2D eigenvalue weighted by molar-refractivity contribution is 6.78. The summed E-state index contributed by atoms with van der Waals surface area (Å²) in [6.45, 7) is 29.4. The van der Waals surface area contributed by atoms with Crippen molar-refractivity contribution in [1.82, 2.24) is 0 Å². The van der Waals surface area contributed by atoms with E-state index in [9.17, 15) is 0 Å². The van der Waals surface area contributed by atoms with Gasteiger partial charge in [0.05, 0.1) is 0 Å². The molecule has 0 saturated heterocycles. The molecule has 0 amide bonds. The molecule has 50 heavy (non-hydrogen) atoms. The lowest BCUT2D eigenvalue weighted by atomic mass is 9.54. The average Bonchev–Trinajstić information content (AvgIpc) is 3.01. The van der Waals surface area contributed by atoms with Gasteiger partial charge in [0.15, 0.2) is 0 Å². The Kier molecular flexibility index (Phi) is 10.3. The van der Waals surface area contributed by atoms with Crippen molar-refractivity contribution in [3.63, 3.8) is 0 Å². The van der Waals surface area contributed by atoms with Crippen LogP contribution in [-0.2, 0) is 0 Å². The second-order valence-corrected chi connectivity index (χ2v) is 31.4. The number of rotatable bonds is 12. The van der Waals surface area contributed by atoms with Gasteiger partial charge in [0, 0.05) is 11.1 Å². The lowest BCUT2D eigenvalue weighted by Crippen LogP contribution is -2.51. The fraction of sp³-hybridized carbons (Fsp3) is 0.783. The van der Waals surface area contributed by atoms with Crippen LogP contribution in [0.4, 0.5) is 0 Å². The third kappa shape index (κ3) is 6.28. The van der Waals surface area contributed by atoms with Crippen molar-refractivity contribution in [2.75, 3.05) is 0 Å². The molecular formula is C46H74O2Si2. The van der Waals surface area contributed by atoms with Gasteiger partial charge in [0.1, 0.15) is 11.5 Å². The van der Waals surface area contributed by atoms with Gasteiger partial charge in [-0.25, -0.2) is 0 Å². The quantitative estimate of drug-likeness (QED) is 0.201. The summed E-state index contributed by atoms with van der Waals surface area (Å²) >= 11 is 0. The van der Waals surface area contributed by atoms with Crippen LogP contribution in [0.15, 0.2) is 23.3 Å². The summed E-state index contributed by atoms with van der Waals surface area (Å²) in [4.78, 5) is 0. The molecule has 8 aliphatic rings. The van der Waals surface area contributed by atoms with Gasteiger partial charge in [0.2, 0.25) is 0 Å². The van der Waals surface area contributed by atoms with E-state index in [-0.39, 0.29) is 0 Å². The normalized spacial score (nSPS) is 31.8. The van der Waals surface area contributed by atoms with Crippen molar-refractivity contribution in [1.29, 1.82) is 0 Å². The van der Waals surface area contributed by atoms with Gasteiger partial charge in [-0.05, 0) is 157 Å². The highest BCUT2D eigenvalue weighted by atomic mass is 28.4. The van der Waals surface area contributed by atoms with Crippen LogP contribution in [0.2, 0.25) is 33.2 Å². The minimum atomic E-state index is -2.20. The highest BCUT2D eigenvalue weighted by Gasteiger charge is 2.50. The molecule has 8 saturated carbocycles. The molecule has 0 N–H and O–H groups in total. The Balaban J connectivity index is 1.43. The molecule has 0 spiro atoms. The number of hydrogen-bond acceptors (Lipinski definition) is 2. The largest absolute Gasteiger partial charge is 0.542 e. The first-order valence-corrected chi connectivity index (χ1v) is 25.9. The molecule has 278 valence electrons. The molecule has 9 rings (SSSR count). The van der Waals surface area contributed by atoms with E-state index in [1.807, 2.05) is 0 Å². The van der Waals surface area contributed by atoms with E-state index in [0.717, 1.165) is 47.3 Å². The number of allylic oxidation sites excluding steroid dienone is 2. The molecule has 8 fully saturated rings. The number of benzene rings is 1. The molecule has 0 atom stereocenters. The Labute approximate surface area is 310 Å². The third-order valence-corrected chi connectivity index (χ3v) is 27.9. The fourth-order valence-electron chi connectivity index (χ4n) is 14.4. The summed E-state index contributed by atoms with van der Waals surface area (Å²) in [7, 11) is -4.40. The van der Waals surface area contributed by atoms with Crippen molar-refractivity contribution in [3.8, 4) is 11.5 Å². The Morgan fingerprint density at radius 2 is 0.660 bits per heavy atom. The van der Waals surface area contributed by atoms with Crippen LogP contribution in [0.5, 0.6) is 11.5 Å². The zero-order valence-electron chi connectivity index (χ0n) is 34.3. The van der Waals surface area contributed by atoms with Crippen LogP contribution in [0.25, 0.3) is 12.2 Å². The maximum atomic E-state index is 7.81. The minimum absolute atomic E-state index is 0.536. The molecule has 1 aromatic carbocycles. The van der Waals surface area contributed by atoms with Gasteiger partial charge >= 0.3 is 0 Å². The molecule has 0 radical (unpaired) electrons. The SMILES string of the molecule is CC(C)[Si](Oc1cc(C=C2C3CC4CC(C3)CC2C4)c(O[Si](C(C)C)(C(C)C)C(C)C)cc1C=C1C2CC3CC(C2)CC1C3)(C(C)C)C(C)C. The molecule has 8 bridgehead atoms. The third-order valence-electron chi connectivity index (χ3n) is 15.9. The van der Waals surface area contributed by atoms with Crippen LogP contribution in [0.3, 0.4) is 0 Å². The maximum absolute atomic E-state index is 7.81. The van der Waals surface area contributed by atoms with Gasteiger partial charge in [-0.2, -0.15) is 0 Å². The summed E-state index contributed by atoms with van der Waals surface area (Å²) in [6, 6.07) is 5.07. The summed E-state index contributed by atoms with van der Waals surface area (Å²) in [5, 5.41) is 0. The molecule has 0 heterocycles. The van der Waals surface area contributed by atoms with Gasteiger partial charge in [-0.15, -0.1) is 0 Å². The Hall–Kier alpha value is -1.27. The molecule has 0 unspecified atom stereocenters. The van der Waals surface area contributed by atoms with Crippen molar-refractivity contribution in [2.45, 2.75) is 181 Å². The monoisotopic (exact) mass is 715 g/mol. The van der Waals surface area contributed by atoms with Gasteiger partial charge < -0.3 is 8.85 Å². The molecule has 8 aliphatic carbocycles. The van der Waals surface area contributed by atoms with E-state index in [1.54, 1.807) is 11.1 Å². The molecule has 2 nitrogen and oxygen atoms in total. The maximum Gasteiger partial charge on any atom is 0.258 e. The Morgan fingerprint density at radius 1 is 0.420 bits per heavy atom. The van der Waals surface area contributed by atoms with Crippen LogP contribution in [-0.4, -0.2) is 16.6 Å². The number of hydrogen-bond donors (Lipinski definition) is 0. The molecule has 0 aliphatic heterocycles. The first-order chi connectivity index (χ1) is 23.6. The first kappa shape index (κ1) is 37.1. The molecule has 1 aromatic rings. The van der Waals surface area contributed by atoms with Crippen molar-refractivity contribution in [2.24, 2.45) is 47.3 Å². The van der Waals surface area contributed by atoms with Crippen molar-refractivity contribution < 1.29 is 8.85 Å². The first-order valence-electron chi connectivity index (χ1n) is 21.6. The van der Waals surface area contributed by atoms with Crippen LogP contribution in [0, 0.1) is 47.3 Å². The molecule has 4 heteroatoms. The smallest absolute Gasteiger partial charge is 0.258 e. The summed E-state index contributed by atoms with van der Waals surface area (Å²) in [5.41, 5.74) is 9.38. The standard InChI is InChI=1S/C46H74O2Si2/c1-27(2)49(28(3)4,29(5)6)47-45-25-42(24-44-39-19-35-14-36(21-39)22-40(44)20-35)46(48-50(30(7)8,31(9)10)32(11)12)26-41(45)23-43-37-15-33-13-34(17-37)18-38(43)16-33/h23-40H,13-22H2,1-12H3. The molecular weight excluding hydrogens is 641 g/mol. The second-order valence-electron chi connectivity index (χ2n) is 20.7. The van der Waals surface area contributed by atoms with Gasteiger partial charge in [-0.1, -0.05) is 106 Å². The summed E-state index contributed by atoms with van der Waals surface area (Å²) < 4.78 is 15.6. The Bertz CT molecular complexity index is 1250. The van der Waals surface area contributed by atoms with Crippen LogP contribution >= 0.6 is 0 Å². The molecule has 0 aromatic heterocycles.